The molecule has 0 aliphatic heterocycles. The molecule has 1 aromatic heterocycles. The van der Waals surface area contributed by atoms with Gasteiger partial charge in [-0.05, 0) is 46.8 Å². The molecule has 0 saturated carbocycles. The molecule has 6 nitrogen and oxygen atoms in total. The molecule has 8 heteroatoms. The van der Waals surface area contributed by atoms with Crippen LogP contribution in [0.25, 0.3) is 5.69 Å². The van der Waals surface area contributed by atoms with Crippen LogP contribution in [-0.2, 0) is 0 Å². The van der Waals surface area contributed by atoms with Crippen LogP contribution in [0, 0.1) is 11.6 Å². The molecule has 1 heterocycles. The van der Waals surface area contributed by atoms with Crippen LogP contribution in [-0.4, -0.2) is 26.1 Å². The molecule has 2 aromatic carbocycles. The van der Waals surface area contributed by atoms with E-state index in [1.807, 2.05) is 0 Å². The second kappa shape index (κ2) is 5.68. The molecular formula is C14H9F2N5O. The molecule has 0 fully saturated rings. The lowest BCUT2D eigenvalue weighted by Crippen LogP contribution is -2.15. The summed E-state index contributed by atoms with van der Waals surface area (Å²) in [6.07, 6.45) is 1.25. The van der Waals surface area contributed by atoms with Gasteiger partial charge in [-0.1, -0.05) is 0 Å². The molecule has 0 aliphatic carbocycles. The van der Waals surface area contributed by atoms with Crippen LogP contribution in [0.15, 0.2) is 48.8 Å². The number of tetrazole rings is 1. The fourth-order valence-electron chi connectivity index (χ4n) is 1.89. The molecule has 3 rings (SSSR count). The Kier molecular flexibility index (Phi) is 3.57. The van der Waals surface area contributed by atoms with Crippen LogP contribution in [0.5, 0.6) is 0 Å². The third-order valence-corrected chi connectivity index (χ3v) is 2.90. The number of carbonyl (C=O) groups is 1. The quantitative estimate of drug-likeness (QED) is 0.805. The Labute approximate surface area is 123 Å². The highest BCUT2D eigenvalue weighted by Gasteiger charge is 2.15. The smallest absolute Gasteiger partial charge is 0.257 e. The van der Waals surface area contributed by atoms with E-state index in [1.54, 1.807) is 0 Å². The minimum Gasteiger partial charge on any atom is -0.322 e. The van der Waals surface area contributed by atoms with Gasteiger partial charge in [-0.15, -0.1) is 5.10 Å². The summed E-state index contributed by atoms with van der Waals surface area (Å²) >= 11 is 0. The molecule has 0 unspecified atom stereocenters. The molecule has 0 aliphatic rings. The van der Waals surface area contributed by atoms with Crippen molar-refractivity contribution in [3.05, 3.63) is 66.0 Å². The number of nitrogens with one attached hydrogen (secondary N) is 1. The van der Waals surface area contributed by atoms with Crippen molar-refractivity contribution in [2.24, 2.45) is 0 Å². The average Bonchev–Trinajstić information content (AvgIpc) is 3.03. The predicted molar refractivity (Wildman–Crippen MR) is 73.5 cm³/mol. The first kappa shape index (κ1) is 13.8. The average molecular weight is 301 g/mol. The third-order valence-electron chi connectivity index (χ3n) is 2.90. The SMILES string of the molecule is O=C(Nc1ccc(F)cc1)c1ccc(F)cc1-n1cnnn1. The number of nitrogens with zero attached hydrogens (tertiary/aromatic N) is 4. The van der Waals surface area contributed by atoms with Gasteiger partial charge in [-0.3, -0.25) is 4.79 Å². The first-order valence-electron chi connectivity index (χ1n) is 6.23. The largest absolute Gasteiger partial charge is 0.322 e. The van der Waals surface area contributed by atoms with Crippen LogP contribution in [0.1, 0.15) is 10.4 Å². The molecule has 0 bridgehead atoms. The topological polar surface area (TPSA) is 72.7 Å². The van der Waals surface area contributed by atoms with Gasteiger partial charge in [0, 0.05) is 11.8 Å². The molecule has 1 amide bonds. The van der Waals surface area contributed by atoms with Gasteiger partial charge in [0.1, 0.15) is 18.0 Å². The van der Waals surface area contributed by atoms with Crippen molar-refractivity contribution >= 4 is 11.6 Å². The Morgan fingerprint density at radius 3 is 2.45 bits per heavy atom. The standard InChI is InChI=1S/C14H9F2N5O/c15-9-1-4-11(5-2-9)18-14(22)12-6-3-10(16)7-13(12)21-8-17-19-20-21/h1-8H,(H,18,22). The molecule has 0 saturated heterocycles. The summed E-state index contributed by atoms with van der Waals surface area (Å²) < 4.78 is 27.5. The van der Waals surface area contributed by atoms with Crippen molar-refractivity contribution in [2.75, 3.05) is 5.32 Å². The number of anilines is 1. The van der Waals surface area contributed by atoms with Gasteiger partial charge in [0.25, 0.3) is 5.91 Å². The molecular weight excluding hydrogens is 292 g/mol. The summed E-state index contributed by atoms with van der Waals surface area (Å²) in [5.74, 6) is -1.42. The number of halogens is 2. The summed E-state index contributed by atoms with van der Waals surface area (Å²) in [5, 5.41) is 13.2. The zero-order valence-corrected chi connectivity index (χ0v) is 11.1. The van der Waals surface area contributed by atoms with Gasteiger partial charge in [-0.2, -0.15) is 4.68 Å². The van der Waals surface area contributed by atoms with E-state index in [1.165, 1.54) is 41.3 Å². The van der Waals surface area contributed by atoms with Crippen LogP contribution >= 0.6 is 0 Å². The Bertz CT molecular complexity index is 803. The zero-order chi connectivity index (χ0) is 15.5. The fraction of sp³-hybridized carbons (Fsp3) is 0. The van der Waals surface area contributed by atoms with Gasteiger partial charge in [-0.25, -0.2) is 8.78 Å². The van der Waals surface area contributed by atoms with E-state index in [0.29, 0.717) is 5.69 Å². The lowest BCUT2D eigenvalue weighted by atomic mass is 10.1. The molecule has 110 valence electrons. The normalized spacial score (nSPS) is 10.5. The van der Waals surface area contributed by atoms with E-state index < -0.39 is 17.5 Å². The predicted octanol–water partition coefficient (Wildman–Crippen LogP) is 2.19. The lowest BCUT2D eigenvalue weighted by Gasteiger charge is -2.09. The summed E-state index contributed by atoms with van der Waals surface area (Å²) in [4.78, 5) is 12.3. The van der Waals surface area contributed by atoms with E-state index in [0.717, 1.165) is 12.1 Å². The Morgan fingerprint density at radius 2 is 1.77 bits per heavy atom. The van der Waals surface area contributed by atoms with Gasteiger partial charge >= 0.3 is 0 Å². The Hall–Kier alpha value is -3.16. The van der Waals surface area contributed by atoms with Gasteiger partial charge in [0.05, 0.1) is 11.3 Å². The monoisotopic (exact) mass is 301 g/mol. The van der Waals surface area contributed by atoms with Crippen molar-refractivity contribution in [1.82, 2.24) is 20.2 Å². The van der Waals surface area contributed by atoms with Crippen molar-refractivity contribution < 1.29 is 13.6 Å². The summed E-state index contributed by atoms with van der Waals surface area (Å²) in [5.41, 5.74) is 0.793. The van der Waals surface area contributed by atoms with Crippen molar-refractivity contribution in [1.29, 1.82) is 0 Å². The van der Waals surface area contributed by atoms with Gasteiger partial charge < -0.3 is 5.32 Å². The van der Waals surface area contributed by atoms with Crippen LogP contribution in [0.2, 0.25) is 0 Å². The Balaban J connectivity index is 1.94. The number of benzene rings is 2. The van der Waals surface area contributed by atoms with E-state index in [9.17, 15) is 13.6 Å². The minimum absolute atomic E-state index is 0.179. The van der Waals surface area contributed by atoms with Gasteiger partial charge in [0.15, 0.2) is 0 Å². The van der Waals surface area contributed by atoms with Crippen LogP contribution in [0.3, 0.4) is 0 Å². The summed E-state index contributed by atoms with van der Waals surface area (Å²) in [7, 11) is 0. The van der Waals surface area contributed by atoms with Gasteiger partial charge in [0.2, 0.25) is 0 Å². The highest BCUT2D eigenvalue weighted by molar-refractivity contribution is 6.06. The molecule has 1 N–H and O–H groups in total. The maximum absolute atomic E-state index is 13.4. The lowest BCUT2D eigenvalue weighted by molar-refractivity contribution is 0.102. The van der Waals surface area contributed by atoms with E-state index in [-0.39, 0.29) is 11.3 Å². The maximum atomic E-state index is 13.4. The Morgan fingerprint density at radius 1 is 1.05 bits per heavy atom. The summed E-state index contributed by atoms with van der Waals surface area (Å²) in [6, 6.07) is 8.93. The number of hydrogen-bond donors (Lipinski definition) is 1. The number of rotatable bonds is 3. The van der Waals surface area contributed by atoms with Crippen LogP contribution < -0.4 is 5.32 Å². The zero-order valence-electron chi connectivity index (χ0n) is 11.1. The number of amides is 1. The fourth-order valence-corrected chi connectivity index (χ4v) is 1.89. The molecule has 0 radical (unpaired) electrons. The van der Waals surface area contributed by atoms with E-state index in [2.05, 4.69) is 20.8 Å². The van der Waals surface area contributed by atoms with Crippen molar-refractivity contribution in [3.8, 4) is 5.69 Å². The first-order valence-corrected chi connectivity index (χ1v) is 6.23. The second-order valence-electron chi connectivity index (χ2n) is 4.38. The van der Waals surface area contributed by atoms with Crippen molar-refractivity contribution in [2.45, 2.75) is 0 Å². The number of hydrogen-bond acceptors (Lipinski definition) is 4. The summed E-state index contributed by atoms with van der Waals surface area (Å²) in [6.45, 7) is 0. The molecule has 22 heavy (non-hydrogen) atoms. The van der Waals surface area contributed by atoms with E-state index in [4.69, 9.17) is 0 Å². The molecule has 0 atom stereocenters. The highest BCUT2D eigenvalue weighted by atomic mass is 19.1. The first-order chi connectivity index (χ1) is 10.6. The van der Waals surface area contributed by atoms with E-state index >= 15 is 0 Å². The number of aromatic nitrogens is 4. The molecule has 3 aromatic rings. The molecule has 0 spiro atoms. The van der Waals surface area contributed by atoms with Crippen LogP contribution in [0.4, 0.5) is 14.5 Å². The second-order valence-corrected chi connectivity index (χ2v) is 4.38. The third kappa shape index (κ3) is 2.80. The minimum atomic E-state index is -0.524. The number of carbonyl (C=O) groups excluding carboxylic acids is 1. The van der Waals surface area contributed by atoms with Crippen molar-refractivity contribution in [3.63, 3.8) is 0 Å². The highest BCUT2D eigenvalue weighted by Crippen LogP contribution is 2.17. The maximum Gasteiger partial charge on any atom is 0.257 e.